The average Bonchev–Trinajstić information content (AvgIpc) is 2.52. The van der Waals surface area contributed by atoms with Crippen molar-refractivity contribution in [1.82, 2.24) is 9.80 Å². The first-order chi connectivity index (χ1) is 10.1. The highest BCUT2D eigenvalue weighted by Gasteiger charge is 2.24. The van der Waals surface area contributed by atoms with E-state index in [0.29, 0.717) is 12.3 Å². The van der Waals surface area contributed by atoms with E-state index < -0.39 is 0 Å². The SMILES string of the molecule is CN1CCCC(N(C)C(=O)COc2ccccc2CN)C1. The van der Waals surface area contributed by atoms with Crippen LogP contribution in [-0.2, 0) is 11.3 Å². The Morgan fingerprint density at radius 1 is 1.48 bits per heavy atom. The van der Waals surface area contributed by atoms with E-state index in [9.17, 15) is 4.79 Å². The molecular weight excluding hydrogens is 266 g/mol. The number of likely N-dealkylation sites (tertiary alicyclic amines) is 1. The van der Waals surface area contributed by atoms with Gasteiger partial charge in [0.25, 0.3) is 5.91 Å². The lowest BCUT2D eigenvalue weighted by atomic mass is 10.1. The quantitative estimate of drug-likeness (QED) is 0.882. The van der Waals surface area contributed by atoms with Crippen molar-refractivity contribution in [3.05, 3.63) is 29.8 Å². The van der Waals surface area contributed by atoms with Crippen molar-refractivity contribution in [2.75, 3.05) is 33.8 Å². The van der Waals surface area contributed by atoms with E-state index in [4.69, 9.17) is 10.5 Å². The van der Waals surface area contributed by atoms with Gasteiger partial charge >= 0.3 is 0 Å². The van der Waals surface area contributed by atoms with E-state index in [1.807, 2.05) is 36.2 Å². The van der Waals surface area contributed by atoms with Gasteiger partial charge in [0, 0.05) is 31.7 Å². The Morgan fingerprint density at radius 2 is 2.24 bits per heavy atom. The third-order valence-electron chi connectivity index (χ3n) is 4.08. The van der Waals surface area contributed by atoms with Crippen molar-refractivity contribution in [2.24, 2.45) is 5.73 Å². The maximum Gasteiger partial charge on any atom is 0.260 e. The largest absolute Gasteiger partial charge is 0.483 e. The molecule has 116 valence electrons. The first-order valence-corrected chi connectivity index (χ1v) is 7.46. The molecule has 0 radical (unpaired) electrons. The molecule has 1 aliphatic heterocycles. The van der Waals surface area contributed by atoms with E-state index >= 15 is 0 Å². The molecule has 0 bridgehead atoms. The van der Waals surface area contributed by atoms with Gasteiger partial charge in [0.15, 0.2) is 6.61 Å². The molecule has 2 rings (SSSR count). The summed E-state index contributed by atoms with van der Waals surface area (Å²) in [5.74, 6) is 0.713. The van der Waals surface area contributed by atoms with Crippen LogP contribution >= 0.6 is 0 Å². The number of hydrogen-bond acceptors (Lipinski definition) is 4. The molecule has 5 heteroatoms. The summed E-state index contributed by atoms with van der Waals surface area (Å²) >= 11 is 0. The summed E-state index contributed by atoms with van der Waals surface area (Å²) in [5, 5.41) is 0. The highest BCUT2D eigenvalue weighted by Crippen LogP contribution is 2.18. The normalized spacial score (nSPS) is 19.3. The molecule has 0 spiro atoms. The first-order valence-electron chi connectivity index (χ1n) is 7.46. The van der Waals surface area contributed by atoms with Crippen molar-refractivity contribution in [1.29, 1.82) is 0 Å². The Bertz CT molecular complexity index is 478. The molecule has 1 heterocycles. The monoisotopic (exact) mass is 291 g/mol. The number of amides is 1. The molecule has 1 aromatic rings. The summed E-state index contributed by atoms with van der Waals surface area (Å²) in [5.41, 5.74) is 6.59. The lowest BCUT2D eigenvalue weighted by Crippen LogP contribution is -2.48. The highest BCUT2D eigenvalue weighted by atomic mass is 16.5. The predicted octanol–water partition coefficient (Wildman–Crippen LogP) is 1.08. The molecule has 5 nitrogen and oxygen atoms in total. The molecule has 1 aromatic carbocycles. The van der Waals surface area contributed by atoms with Crippen molar-refractivity contribution >= 4 is 5.91 Å². The van der Waals surface area contributed by atoms with Crippen LogP contribution in [0.5, 0.6) is 5.75 Å². The minimum atomic E-state index is 0.0159. The van der Waals surface area contributed by atoms with Crippen LogP contribution < -0.4 is 10.5 Å². The molecule has 1 fully saturated rings. The lowest BCUT2D eigenvalue weighted by molar-refractivity contribution is -0.135. The smallest absolute Gasteiger partial charge is 0.260 e. The van der Waals surface area contributed by atoms with E-state index in [1.165, 1.54) is 0 Å². The van der Waals surface area contributed by atoms with Crippen LogP contribution in [0.4, 0.5) is 0 Å². The van der Waals surface area contributed by atoms with Gasteiger partial charge in [-0.25, -0.2) is 0 Å². The maximum absolute atomic E-state index is 12.3. The fraction of sp³-hybridized carbons (Fsp3) is 0.562. The molecule has 21 heavy (non-hydrogen) atoms. The number of piperidine rings is 1. The summed E-state index contributed by atoms with van der Waals surface area (Å²) < 4.78 is 5.64. The van der Waals surface area contributed by atoms with Crippen molar-refractivity contribution in [3.63, 3.8) is 0 Å². The van der Waals surface area contributed by atoms with Gasteiger partial charge in [0.05, 0.1) is 0 Å². The average molecular weight is 291 g/mol. The minimum Gasteiger partial charge on any atom is -0.483 e. The van der Waals surface area contributed by atoms with Crippen LogP contribution in [0.3, 0.4) is 0 Å². The second-order valence-corrected chi connectivity index (χ2v) is 5.66. The number of likely N-dealkylation sites (N-methyl/N-ethyl adjacent to an activating group) is 2. The van der Waals surface area contributed by atoms with Gasteiger partial charge < -0.3 is 20.3 Å². The third kappa shape index (κ3) is 4.19. The van der Waals surface area contributed by atoms with Crippen LogP contribution in [0, 0.1) is 0 Å². The lowest BCUT2D eigenvalue weighted by Gasteiger charge is -2.35. The van der Waals surface area contributed by atoms with Crippen LogP contribution in [0.25, 0.3) is 0 Å². The topological polar surface area (TPSA) is 58.8 Å². The summed E-state index contributed by atoms with van der Waals surface area (Å²) in [6, 6.07) is 7.85. The second-order valence-electron chi connectivity index (χ2n) is 5.66. The molecular formula is C16H25N3O2. The zero-order valence-electron chi connectivity index (χ0n) is 12.9. The number of rotatable bonds is 5. The Labute approximate surface area is 126 Å². The van der Waals surface area contributed by atoms with Gasteiger partial charge in [-0.05, 0) is 32.5 Å². The number of para-hydroxylation sites is 1. The van der Waals surface area contributed by atoms with E-state index in [-0.39, 0.29) is 18.6 Å². The van der Waals surface area contributed by atoms with Gasteiger partial charge in [0.2, 0.25) is 0 Å². The summed E-state index contributed by atoms with van der Waals surface area (Å²) in [4.78, 5) is 16.4. The third-order valence-corrected chi connectivity index (χ3v) is 4.08. The number of benzene rings is 1. The van der Waals surface area contributed by atoms with Crippen LogP contribution in [0.15, 0.2) is 24.3 Å². The Balaban J connectivity index is 1.89. The molecule has 1 saturated heterocycles. The number of hydrogen-bond donors (Lipinski definition) is 1. The Hall–Kier alpha value is -1.59. The predicted molar refractivity (Wildman–Crippen MR) is 83.1 cm³/mol. The van der Waals surface area contributed by atoms with Gasteiger partial charge in [-0.2, -0.15) is 0 Å². The standard InChI is InChI=1S/C16H25N3O2/c1-18-9-5-7-14(11-18)19(2)16(20)12-21-15-8-4-3-6-13(15)10-17/h3-4,6,8,14H,5,7,9-12,17H2,1-2H3. The molecule has 0 saturated carbocycles. The van der Waals surface area contributed by atoms with Crippen LogP contribution in [-0.4, -0.2) is 55.5 Å². The van der Waals surface area contributed by atoms with Gasteiger partial charge in [0.1, 0.15) is 5.75 Å². The first kappa shape index (κ1) is 15.8. The summed E-state index contributed by atoms with van der Waals surface area (Å²) in [7, 11) is 3.96. The van der Waals surface area contributed by atoms with Gasteiger partial charge in [-0.3, -0.25) is 4.79 Å². The number of nitrogens with zero attached hydrogens (tertiary/aromatic N) is 2. The molecule has 2 N–H and O–H groups in total. The van der Waals surface area contributed by atoms with E-state index in [2.05, 4.69) is 11.9 Å². The molecule has 0 aromatic heterocycles. The van der Waals surface area contributed by atoms with Crippen LogP contribution in [0.1, 0.15) is 18.4 Å². The van der Waals surface area contributed by atoms with E-state index in [0.717, 1.165) is 31.5 Å². The maximum atomic E-state index is 12.3. The fourth-order valence-corrected chi connectivity index (χ4v) is 2.71. The summed E-state index contributed by atoms with van der Waals surface area (Å²) in [6.45, 7) is 2.52. The van der Waals surface area contributed by atoms with Gasteiger partial charge in [-0.1, -0.05) is 18.2 Å². The minimum absolute atomic E-state index is 0.0159. The molecule has 1 aliphatic rings. The Kier molecular flexibility index (Phi) is 5.59. The van der Waals surface area contributed by atoms with Gasteiger partial charge in [-0.15, -0.1) is 0 Å². The van der Waals surface area contributed by atoms with Crippen LogP contribution in [0.2, 0.25) is 0 Å². The highest BCUT2D eigenvalue weighted by molar-refractivity contribution is 5.77. The molecule has 1 atom stereocenters. The number of carbonyl (C=O) groups is 1. The van der Waals surface area contributed by atoms with Crippen molar-refractivity contribution in [2.45, 2.75) is 25.4 Å². The second kappa shape index (κ2) is 7.43. The molecule has 1 unspecified atom stereocenters. The number of nitrogens with two attached hydrogens (primary N) is 1. The Morgan fingerprint density at radius 3 is 2.95 bits per heavy atom. The zero-order valence-corrected chi connectivity index (χ0v) is 12.9. The molecule has 0 aliphatic carbocycles. The van der Waals surface area contributed by atoms with E-state index in [1.54, 1.807) is 0 Å². The van der Waals surface area contributed by atoms with Crippen molar-refractivity contribution < 1.29 is 9.53 Å². The molecule has 1 amide bonds. The number of ether oxygens (including phenoxy) is 1. The fourth-order valence-electron chi connectivity index (χ4n) is 2.71. The number of carbonyl (C=O) groups excluding carboxylic acids is 1. The zero-order chi connectivity index (χ0) is 15.2. The van der Waals surface area contributed by atoms with Crippen molar-refractivity contribution in [3.8, 4) is 5.75 Å². The summed E-state index contributed by atoms with van der Waals surface area (Å²) in [6.07, 6.45) is 2.20.